The molecule has 0 spiro atoms. The van der Waals surface area contributed by atoms with Gasteiger partial charge in [0.2, 0.25) is 0 Å². The molecule has 13 heavy (non-hydrogen) atoms. The van der Waals surface area contributed by atoms with Gasteiger partial charge in [0.15, 0.2) is 0 Å². The molecule has 0 saturated heterocycles. The number of nitriles is 1. The van der Waals surface area contributed by atoms with Crippen LogP contribution in [-0.4, -0.2) is 8.75 Å². The minimum atomic E-state index is 0.576. The lowest BCUT2D eigenvalue weighted by Gasteiger charge is -1.98. The van der Waals surface area contributed by atoms with Crippen LogP contribution in [0.15, 0.2) is 17.0 Å². The lowest BCUT2D eigenvalue weighted by molar-refractivity contribution is 1.47. The number of fused-ring (bicyclic) bond motifs is 1. The Balaban J connectivity index is 2.64. The largest absolute Gasteiger partial charge is 0.398 e. The molecule has 0 aliphatic carbocycles. The summed E-state index contributed by atoms with van der Waals surface area (Å²) in [6.45, 7) is 0. The first-order chi connectivity index (χ1) is 6.31. The van der Waals surface area contributed by atoms with Gasteiger partial charge in [-0.1, -0.05) is 0 Å². The Morgan fingerprint density at radius 1 is 1.38 bits per heavy atom. The maximum atomic E-state index is 8.49. The second kappa shape index (κ2) is 3.20. The lowest BCUT2D eigenvalue weighted by Crippen LogP contribution is -1.87. The number of anilines is 1. The number of rotatable bonds is 1. The Morgan fingerprint density at radius 2 is 2.08 bits per heavy atom. The number of aromatic nitrogens is 2. The predicted molar refractivity (Wildman–Crippen MR) is 53.3 cm³/mol. The lowest BCUT2D eigenvalue weighted by atomic mass is 10.3. The van der Waals surface area contributed by atoms with E-state index in [1.807, 2.05) is 5.40 Å². The van der Waals surface area contributed by atoms with Crippen LogP contribution >= 0.6 is 23.5 Å². The van der Waals surface area contributed by atoms with Crippen LogP contribution in [-0.2, 0) is 0 Å². The van der Waals surface area contributed by atoms with Crippen LogP contribution in [0.2, 0.25) is 0 Å². The number of thiocyanates is 1. The molecule has 0 unspecified atom stereocenters. The highest BCUT2D eigenvalue weighted by Gasteiger charge is 2.05. The fraction of sp³-hybridized carbons (Fsp3) is 0. The summed E-state index contributed by atoms with van der Waals surface area (Å²) < 4.78 is 8.09. The Kier molecular flexibility index (Phi) is 2.04. The third-order valence-corrected chi connectivity index (χ3v) is 2.76. The molecule has 0 aliphatic heterocycles. The van der Waals surface area contributed by atoms with Crippen molar-refractivity contribution >= 4 is 40.2 Å². The quantitative estimate of drug-likeness (QED) is 0.439. The van der Waals surface area contributed by atoms with Gasteiger partial charge in [-0.15, -0.1) is 0 Å². The first kappa shape index (κ1) is 8.29. The number of nitrogen functional groups attached to an aromatic ring is 1. The summed E-state index contributed by atoms with van der Waals surface area (Å²) in [5.74, 6) is 0. The molecule has 1 aromatic heterocycles. The van der Waals surface area contributed by atoms with Gasteiger partial charge in [0.1, 0.15) is 16.4 Å². The van der Waals surface area contributed by atoms with Crippen molar-refractivity contribution in [3.63, 3.8) is 0 Å². The van der Waals surface area contributed by atoms with Gasteiger partial charge >= 0.3 is 0 Å². The van der Waals surface area contributed by atoms with Crippen molar-refractivity contribution in [2.24, 2.45) is 0 Å². The molecule has 1 aromatic carbocycles. The molecule has 2 rings (SSSR count). The predicted octanol–water partition coefficient (Wildman–Crippen LogP) is 1.85. The molecular formula is C7H4N4S2. The molecule has 6 heteroatoms. The standard InChI is InChI=1S/C7H4N4S2/c8-3-12-7-2-6-5(1-4(7)9)10-13-11-6/h1-2H,9H2. The van der Waals surface area contributed by atoms with E-state index in [-0.39, 0.29) is 0 Å². The molecule has 4 nitrogen and oxygen atoms in total. The van der Waals surface area contributed by atoms with E-state index in [0.29, 0.717) is 5.69 Å². The summed E-state index contributed by atoms with van der Waals surface area (Å²) in [6, 6.07) is 3.51. The highest BCUT2D eigenvalue weighted by molar-refractivity contribution is 8.03. The van der Waals surface area contributed by atoms with Crippen molar-refractivity contribution in [2.45, 2.75) is 4.90 Å². The first-order valence-electron chi connectivity index (χ1n) is 3.39. The maximum absolute atomic E-state index is 8.49. The van der Waals surface area contributed by atoms with Crippen molar-refractivity contribution in [3.8, 4) is 5.40 Å². The fourth-order valence-corrected chi connectivity index (χ4v) is 1.92. The summed E-state index contributed by atoms with van der Waals surface area (Å²) in [5.41, 5.74) is 7.84. The molecular weight excluding hydrogens is 204 g/mol. The first-order valence-corrected chi connectivity index (χ1v) is 4.93. The third kappa shape index (κ3) is 1.43. The SMILES string of the molecule is N#CSc1cc2nsnc2cc1N. The molecule has 0 fully saturated rings. The second-order valence-corrected chi connectivity index (χ2v) is 3.69. The van der Waals surface area contributed by atoms with Gasteiger partial charge in [0, 0.05) is 10.6 Å². The van der Waals surface area contributed by atoms with Crippen molar-refractivity contribution in [2.75, 3.05) is 5.73 Å². The van der Waals surface area contributed by atoms with Crippen molar-refractivity contribution in [3.05, 3.63) is 12.1 Å². The van der Waals surface area contributed by atoms with E-state index in [0.717, 1.165) is 39.4 Å². The smallest absolute Gasteiger partial charge is 0.138 e. The van der Waals surface area contributed by atoms with Crippen LogP contribution < -0.4 is 5.73 Å². The molecule has 0 saturated carbocycles. The fourth-order valence-electron chi connectivity index (χ4n) is 0.966. The summed E-state index contributed by atoms with van der Waals surface area (Å²) in [5, 5.41) is 10.5. The van der Waals surface area contributed by atoms with Crippen molar-refractivity contribution < 1.29 is 0 Å². The molecule has 1 heterocycles. The van der Waals surface area contributed by atoms with E-state index >= 15 is 0 Å². The Labute approximate surface area is 82.7 Å². The molecule has 2 aromatic rings. The van der Waals surface area contributed by atoms with Crippen LogP contribution in [0.5, 0.6) is 0 Å². The third-order valence-electron chi connectivity index (χ3n) is 1.54. The number of thioether (sulfide) groups is 1. The van der Waals surface area contributed by atoms with Crippen molar-refractivity contribution in [1.82, 2.24) is 8.75 Å². The summed E-state index contributed by atoms with van der Waals surface area (Å²) >= 11 is 2.18. The molecule has 64 valence electrons. The Morgan fingerprint density at radius 3 is 2.77 bits per heavy atom. The van der Waals surface area contributed by atoms with E-state index in [1.165, 1.54) is 0 Å². The highest BCUT2D eigenvalue weighted by atomic mass is 32.2. The van der Waals surface area contributed by atoms with Crippen LogP contribution in [0, 0.1) is 10.7 Å². The van der Waals surface area contributed by atoms with Gasteiger partial charge in [-0.3, -0.25) is 0 Å². The molecule has 0 amide bonds. The van der Waals surface area contributed by atoms with E-state index in [2.05, 4.69) is 8.75 Å². The van der Waals surface area contributed by atoms with Crippen molar-refractivity contribution in [1.29, 1.82) is 5.26 Å². The molecule has 0 atom stereocenters. The zero-order chi connectivity index (χ0) is 9.26. The topological polar surface area (TPSA) is 75.6 Å². The van der Waals surface area contributed by atoms with E-state index in [4.69, 9.17) is 11.0 Å². The van der Waals surface area contributed by atoms with Crippen LogP contribution in [0.1, 0.15) is 0 Å². The van der Waals surface area contributed by atoms with Gasteiger partial charge in [-0.2, -0.15) is 14.0 Å². The Hall–Kier alpha value is -1.32. The molecule has 0 bridgehead atoms. The minimum Gasteiger partial charge on any atom is -0.398 e. The second-order valence-electron chi connectivity index (χ2n) is 2.34. The number of nitrogens with two attached hydrogens (primary N) is 1. The van der Waals surface area contributed by atoms with Gasteiger partial charge < -0.3 is 5.73 Å². The number of hydrogen-bond donors (Lipinski definition) is 1. The molecule has 0 aliphatic rings. The molecule has 0 radical (unpaired) electrons. The van der Waals surface area contributed by atoms with E-state index in [9.17, 15) is 0 Å². The highest BCUT2D eigenvalue weighted by Crippen LogP contribution is 2.28. The maximum Gasteiger partial charge on any atom is 0.138 e. The van der Waals surface area contributed by atoms with Gasteiger partial charge in [-0.25, -0.2) is 0 Å². The number of benzene rings is 1. The monoisotopic (exact) mass is 208 g/mol. The number of nitrogens with zero attached hydrogens (tertiary/aromatic N) is 3. The molecule has 2 N–H and O–H groups in total. The van der Waals surface area contributed by atoms with E-state index in [1.54, 1.807) is 12.1 Å². The summed E-state index contributed by atoms with van der Waals surface area (Å²) in [7, 11) is 0. The zero-order valence-corrected chi connectivity index (χ0v) is 8.02. The van der Waals surface area contributed by atoms with E-state index < -0.39 is 0 Å². The van der Waals surface area contributed by atoms with Crippen LogP contribution in [0.25, 0.3) is 11.0 Å². The van der Waals surface area contributed by atoms with Crippen LogP contribution in [0.4, 0.5) is 5.69 Å². The van der Waals surface area contributed by atoms with Crippen LogP contribution in [0.3, 0.4) is 0 Å². The minimum absolute atomic E-state index is 0.576. The zero-order valence-electron chi connectivity index (χ0n) is 6.39. The van der Waals surface area contributed by atoms with Gasteiger partial charge in [-0.05, 0) is 23.9 Å². The van der Waals surface area contributed by atoms with Gasteiger partial charge in [0.25, 0.3) is 0 Å². The average Bonchev–Trinajstić information content (AvgIpc) is 2.52. The summed E-state index contributed by atoms with van der Waals surface area (Å²) in [6.07, 6.45) is 0. The summed E-state index contributed by atoms with van der Waals surface area (Å²) in [4.78, 5) is 0.739. The average molecular weight is 208 g/mol. The normalized spacial score (nSPS) is 10.1. The number of hydrogen-bond acceptors (Lipinski definition) is 6. The Bertz CT molecular complexity index is 485. The van der Waals surface area contributed by atoms with Gasteiger partial charge in [0.05, 0.1) is 11.7 Å².